The van der Waals surface area contributed by atoms with Gasteiger partial charge in [0.05, 0.1) is 41.4 Å². The highest BCUT2D eigenvalue weighted by molar-refractivity contribution is 7.07. The van der Waals surface area contributed by atoms with E-state index < -0.39 is 0 Å². The van der Waals surface area contributed by atoms with Crippen molar-refractivity contribution in [3.05, 3.63) is 86.7 Å². The van der Waals surface area contributed by atoms with Crippen LogP contribution in [0.3, 0.4) is 0 Å². The van der Waals surface area contributed by atoms with E-state index in [4.69, 9.17) is 42.8 Å². The summed E-state index contributed by atoms with van der Waals surface area (Å²) < 4.78 is 12.8. The van der Waals surface area contributed by atoms with Crippen molar-refractivity contribution in [2.45, 2.75) is 6.92 Å². The molecule has 2 heterocycles. The predicted molar refractivity (Wildman–Crippen MR) is 134 cm³/mol. The molecule has 0 aliphatic carbocycles. The molecule has 0 unspecified atom stereocenters. The maximum Gasteiger partial charge on any atom is 0.211 e. The molecule has 33 heavy (non-hydrogen) atoms. The summed E-state index contributed by atoms with van der Waals surface area (Å²) in [4.78, 5) is 9.63. The van der Waals surface area contributed by atoms with Gasteiger partial charge in [0.15, 0.2) is 0 Å². The first-order valence-corrected chi connectivity index (χ1v) is 11.5. The molecular weight excluding hydrogens is 479 g/mol. The van der Waals surface area contributed by atoms with E-state index in [0.717, 1.165) is 22.5 Å². The molecule has 4 aromatic rings. The second kappa shape index (κ2) is 10.2. The maximum absolute atomic E-state index is 6.20. The molecule has 0 spiro atoms. The van der Waals surface area contributed by atoms with E-state index in [1.807, 2.05) is 48.7 Å². The minimum atomic E-state index is 0.436. The van der Waals surface area contributed by atoms with Crippen LogP contribution < -0.4 is 14.3 Å². The van der Waals surface area contributed by atoms with Crippen LogP contribution in [0.1, 0.15) is 12.5 Å². The molecule has 0 aliphatic heterocycles. The quantitative estimate of drug-likeness (QED) is 0.287. The lowest BCUT2D eigenvalue weighted by Crippen LogP contribution is -2.14. The molecule has 0 fully saturated rings. The number of hydrogen-bond donors (Lipinski definition) is 0. The Hall–Kier alpha value is -3.13. The van der Waals surface area contributed by atoms with Gasteiger partial charge in [-0.05, 0) is 49.4 Å². The zero-order valence-electron chi connectivity index (χ0n) is 18.1. The first-order valence-electron chi connectivity index (χ1n) is 9.89. The van der Waals surface area contributed by atoms with Crippen molar-refractivity contribution in [3.63, 3.8) is 0 Å². The molecule has 0 radical (unpaired) electrons. The second-order valence-corrected chi connectivity index (χ2v) is 8.57. The average Bonchev–Trinajstić information content (AvgIpc) is 3.23. The van der Waals surface area contributed by atoms with E-state index in [-0.39, 0.29) is 0 Å². The third-order valence-electron chi connectivity index (χ3n) is 4.83. The third-order valence-corrected chi connectivity index (χ3v) is 6.38. The van der Waals surface area contributed by atoms with E-state index in [1.165, 1.54) is 11.3 Å². The number of pyridine rings is 1. The molecule has 0 aliphatic rings. The van der Waals surface area contributed by atoms with Gasteiger partial charge >= 0.3 is 0 Å². The normalized spacial score (nSPS) is 12.2. The Kier molecular flexibility index (Phi) is 7.13. The number of methoxy groups -OCH3 is 2. The van der Waals surface area contributed by atoms with E-state index in [0.29, 0.717) is 32.0 Å². The summed E-state index contributed by atoms with van der Waals surface area (Å²) in [6, 6.07) is 14.7. The Morgan fingerprint density at radius 3 is 2.58 bits per heavy atom. The van der Waals surface area contributed by atoms with Crippen LogP contribution in [0.15, 0.2) is 76.4 Å². The Labute approximate surface area is 205 Å². The lowest BCUT2D eigenvalue weighted by Gasteiger charge is -2.11. The van der Waals surface area contributed by atoms with Gasteiger partial charge in [-0.2, -0.15) is 5.10 Å². The van der Waals surface area contributed by atoms with Crippen molar-refractivity contribution >= 4 is 45.9 Å². The van der Waals surface area contributed by atoms with Gasteiger partial charge in [-0.1, -0.05) is 29.3 Å². The SMILES string of the molecule is COc1ccc(OC)c(-c2csc(=Nc3ccc(Cl)c(Cl)c3)n2/N=C(/C)c2cccnc2)c1. The summed E-state index contributed by atoms with van der Waals surface area (Å²) in [5.41, 5.74) is 3.98. The third kappa shape index (κ3) is 5.11. The maximum atomic E-state index is 6.20. The van der Waals surface area contributed by atoms with Crippen LogP contribution in [0, 0.1) is 0 Å². The number of hydrogen-bond acceptors (Lipinski definition) is 6. The molecule has 0 atom stereocenters. The first-order chi connectivity index (χ1) is 16.0. The van der Waals surface area contributed by atoms with E-state index in [2.05, 4.69) is 4.98 Å². The van der Waals surface area contributed by atoms with Crippen molar-refractivity contribution < 1.29 is 9.47 Å². The lowest BCUT2D eigenvalue weighted by atomic mass is 10.1. The van der Waals surface area contributed by atoms with Gasteiger partial charge in [0.1, 0.15) is 11.5 Å². The number of halogens is 2. The highest BCUT2D eigenvalue weighted by atomic mass is 35.5. The van der Waals surface area contributed by atoms with Crippen molar-refractivity contribution in [2.75, 3.05) is 14.2 Å². The fraction of sp³-hybridized carbons (Fsp3) is 0.125. The molecule has 168 valence electrons. The number of benzene rings is 2. The summed E-state index contributed by atoms with van der Waals surface area (Å²) in [6.07, 6.45) is 3.50. The van der Waals surface area contributed by atoms with E-state index in [1.54, 1.807) is 43.4 Å². The van der Waals surface area contributed by atoms with Crippen molar-refractivity contribution in [1.29, 1.82) is 0 Å². The molecule has 2 aromatic carbocycles. The van der Waals surface area contributed by atoms with Gasteiger partial charge in [0.25, 0.3) is 0 Å². The number of aromatic nitrogens is 2. The Balaban J connectivity index is 1.95. The van der Waals surface area contributed by atoms with Crippen LogP contribution in [0.25, 0.3) is 11.3 Å². The molecule has 0 saturated carbocycles. The van der Waals surface area contributed by atoms with Crippen molar-refractivity contribution in [3.8, 4) is 22.8 Å². The first kappa shape index (κ1) is 23.0. The topological polar surface area (TPSA) is 61.0 Å². The smallest absolute Gasteiger partial charge is 0.211 e. The van der Waals surface area contributed by atoms with Gasteiger partial charge in [-0.25, -0.2) is 9.67 Å². The molecule has 2 aromatic heterocycles. The number of ether oxygens (including phenoxy) is 2. The zero-order valence-corrected chi connectivity index (χ0v) is 20.4. The number of rotatable bonds is 6. The second-order valence-electron chi connectivity index (χ2n) is 6.92. The number of nitrogens with zero attached hydrogens (tertiary/aromatic N) is 4. The van der Waals surface area contributed by atoms with Crippen LogP contribution in [-0.4, -0.2) is 29.6 Å². The predicted octanol–water partition coefficient (Wildman–Crippen LogP) is 6.44. The minimum absolute atomic E-state index is 0.436. The fourth-order valence-corrected chi connectivity index (χ4v) is 4.26. The summed E-state index contributed by atoms with van der Waals surface area (Å²) in [6.45, 7) is 1.93. The summed E-state index contributed by atoms with van der Waals surface area (Å²) in [5.74, 6) is 1.40. The van der Waals surface area contributed by atoms with Crippen LogP contribution in [-0.2, 0) is 0 Å². The van der Waals surface area contributed by atoms with Gasteiger partial charge in [-0.3, -0.25) is 4.98 Å². The molecule has 6 nitrogen and oxygen atoms in total. The lowest BCUT2D eigenvalue weighted by molar-refractivity contribution is 0.404. The van der Waals surface area contributed by atoms with Gasteiger partial charge in [0, 0.05) is 28.9 Å². The largest absolute Gasteiger partial charge is 0.497 e. The van der Waals surface area contributed by atoms with Gasteiger partial charge < -0.3 is 9.47 Å². The monoisotopic (exact) mass is 498 g/mol. The van der Waals surface area contributed by atoms with Crippen molar-refractivity contribution in [1.82, 2.24) is 9.66 Å². The zero-order chi connectivity index (χ0) is 23.4. The fourth-order valence-electron chi connectivity index (χ4n) is 3.12. The van der Waals surface area contributed by atoms with E-state index in [9.17, 15) is 0 Å². The Morgan fingerprint density at radius 2 is 1.88 bits per heavy atom. The standard InChI is InChI=1S/C24H20Cl2N4O2S/c1-15(16-5-4-10-27-13-16)29-30-22(19-12-18(31-2)7-9-23(19)32-3)14-33-24(30)28-17-6-8-20(25)21(26)11-17/h4-14H,1-3H3/b28-24?,29-15-. The summed E-state index contributed by atoms with van der Waals surface area (Å²) >= 11 is 13.7. The van der Waals surface area contributed by atoms with Crippen LogP contribution in [0.2, 0.25) is 10.0 Å². The average molecular weight is 499 g/mol. The van der Waals surface area contributed by atoms with E-state index >= 15 is 0 Å². The molecule has 0 saturated heterocycles. The van der Waals surface area contributed by atoms with Crippen molar-refractivity contribution in [2.24, 2.45) is 10.1 Å². The summed E-state index contributed by atoms with van der Waals surface area (Å²) in [5, 5.41) is 7.78. The van der Waals surface area contributed by atoms with Crippen LogP contribution in [0.4, 0.5) is 5.69 Å². The molecule has 9 heteroatoms. The molecular formula is C24H20Cl2N4O2S. The van der Waals surface area contributed by atoms with Crippen LogP contribution in [0.5, 0.6) is 11.5 Å². The highest BCUT2D eigenvalue weighted by Gasteiger charge is 2.15. The molecule has 0 amide bonds. The molecule has 0 bridgehead atoms. The Bertz CT molecular complexity index is 1380. The Morgan fingerprint density at radius 1 is 1.03 bits per heavy atom. The van der Waals surface area contributed by atoms with Gasteiger partial charge in [-0.15, -0.1) is 11.3 Å². The van der Waals surface area contributed by atoms with Gasteiger partial charge in [0.2, 0.25) is 4.80 Å². The molecule has 4 rings (SSSR count). The minimum Gasteiger partial charge on any atom is -0.497 e. The summed E-state index contributed by atoms with van der Waals surface area (Å²) in [7, 11) is 3.26. The van der Waals surface area contributed by atoms with Crippen LogP contribution >= 0.6 is 34.5 Å². The highest BCUT2D eigenvalue weighted by Crippen LogP contribution is 2.34. The number of thiazole rings is 1. The molecule has 0 N–H and O–H groups in total.